The number of thioether (sulfide) groups is 1. The summed E-state index contributed by atoms with van der Waals surface area (Å²) in [4.78, 5) is 19.3. The molecular formula is C23H24N2O2S. The Hall–Kier alpha value is -2.53. The van der Waals surface area contributed by atoms with E-state index in [1.807, 2.05) is 65.6 Å². The summed E-state index contributed by atoms with van der Waals surface area (Å²) in [6.45, 7) is 1.74. The van der Waals surface area contributed by atoms with E-state index < -0.39 is 0 Å². The molecule has 3 aromatic rings. The highest BCUT2D eigenvalue weighted by molar-refractivity contribution is 7.99. The lowest BCUT2D eigenvalue weighted by Crippen LogP contribution is -2.33. The van der Waals surface area contributed by atoms with Crippen molar-refractivity contribution in [2.24, 2.45) is 0 Å². The maximum absolute atomic E-state index is 12.6. The number of benzene rings is 2. The molecule has 0 atom stereocenters. The van der Waals surface area contributed by atoms with Crippen molar-refractivity contribution >= 4 is 17.7 Å². The fourth-order valence-corrected chi connectivity index (χ4v) is 4.20. The van der Waals surface area contributed by atoms with Crippen LogP contribution < -0.4 is 0 Å². The zero-order chi connectivity index (χ0) is 19.2. The number of aromatic nitrogens is 1. The second kappa shape index (κ2) is 9.11. The molecular weight excluding hydrogens is 368 g/mol. The Bertz CT molecular complexity index is 844. The highest BCUT2D eigenvalue weighted by Crippen LogP contribution is 2.35. The van der Waals surface area contributed by atoms with Crippen LogP contribution in [0.1, 0.15) is 25.7 Å². The first kappa shape index (κ1) is 18.8. The van der Waals surface area contributed by atoms with Crippen LogP contribution >= 0.6 is 11.8 Å². The second-order valence-corrected chi connectivity index (χ2v) is 7.90. The SMILES string of the molecule is O=C(CSc1nc(-c2ccccc2)c(-c2ccccc2)o1)N1CCCCCC1. The summed E-state index contributed by atoms with van der Waals surface area (Å²) in [5.41, 5.74) is 2.81. The summed E-state index contributed by atoms with van der Waals surface area (Å²) in [7, 11) is 0. The van der Waals surface area contributed by atoms with Crippen LogP contribution in [-0.4, -0.2) is 34.6 Å². The Morgan fingerprint density at radius 2 is 1.50 bits per heavy atom. The Labute approximate surface area is 170 Å². The van der Waals surface area contributed by atoms with E-state index in [1.165, 1.54) is 24.6 Å². The second-order valence-electron chi connectivity index (χ2n) is 6.97. The zero-order valence-electron chi connectivity index (χ0n) is 15.8. The van der Waals surface area contributed by atoms with Crippen molar-refractivity contribution in [3.63, 3.8) is 0 Å². The van der Waals surface area contributed by atoms with Crippen LogP contribution in [0.3, 0.4) is 0 Å². The van der Waals surface area contributed by atoms with Crippen LogP contribution in [0.4, 0.5) is 0 Å². The molecule has 0 spiro atoms. The van der Waals surface area contributed by atoms with Crippen molar-refractivity contribution in [3.05, 3.63) is 60.7 Å². The highest BCUT2D eigenvalue weighted by atomic mass is 32.2. The van der Waals surface area contributed by atoms with Gasteiger partial charge in [0.2, 0.25) is 5.91 Å². The van der Waals surface area contributed by atoms with Gasteiger partial charge in [-0.25, -0.2) is 4.98 Å². The molecule has 28 heavy (non-hydrogen) atoms. The van der Waals surface area contributed by atoms with E-state index in [0.717, 1.165) is 48.5 Å². The van der Waals surface area contributed by atoms with Crippen LogP contribution in [0.5, 0.6) is 0 Å². The van der Waals surface area contributed by atoms with Gasteiger partial charge in [-0.1, -0.05) is 85.3 Å². The number of hydrogen-bond acceptors (Lipinski definition) is 4. The summed E-state index contributed by atoms with van der Waals surface area (Å²) < 4.78 is 6.10. The number of likely N-dealkylation sites (tertiary alicyclic amines) is 1. The quantitative estimate of drug-likeness (QED) is 0.538. The molecule has 4 rings (SSSR count). The van der Waals surface area contributed by atoms with Gasteiger partial charge in [-0.05, 0) is 12.8 Å². The number of carbonyl (C=O) groups is 1. The van der Waals surface area contributed by atoms with E-state index in [1.54, 1.807) is 0 Å². The average molecular weight is 393 g/mol. The topological polar surface area (TPSA) is 46.3 Å². The molecule has 0 unspecified atom stereocenters. The van der Waals surface area contributed by atoms with E-state index in [4.69, 9.17) is 9.40 Å². The predicted molar refractivity (Wildman–Crippen MR) is 113 cm³/mol. The van der Waals surface area contributed by atoms with Crippen LogP contribution in [0, 0.1) is 0 Å². The molecule has 1 saturated heterocycles. The molecule has 1 fully saturated rings. The van der Waals surface area contributed by atoms with E-state index in [-0.39, 0.29) is 5.91 Å². The van der Waals surface area contributed by atoms with Gasteiger partial charge in [-0.15, -0.1) is 0 Å². The van der Waals surface area contributed by atoms with Crippen molar-refractivity contribution < 1.29 is 9.21 Å². The summed E-state index contributed by atoms with van der Waals surface area (Å²) in [6.07, 6.45) is 4.65. The van der Waals surface area contributed by atoms with E-state index in [9.17, 15) is 4.79 Å². The van der Waals surface area contributed by atoms with Gasteiger partial charge in [-0.3, -0.25) is 4.79 Å². The highest BCUT2D eigenvalue weighted by Gasteiger charge is 2.20. The number of oxazole rings is 1. The Kier molecular flexibility index (Phi) is 6.12. The minimum atomic E-state index is 0.174. The standard InChI is InChI=1S/C23H24N2O2S/c26-20(25-15-9-1-2-10-16-25)17-28-23-24-21(18-11-5-3-6-12-18)22(27-23)19-13-7-4-8-14-19/h3-8,11-14H,1-2,9-10,15-17H2. The van der Waals surface area contributed by atoms with Crippen LogP contribution in [-0.2, 0) is 4.79 Å². The minimum absolute atomic E-state index is 0.174. The number of hydrogen-bond donors (Lipinski definition) is 0. The molecule has 144 valence electrons. The molecule has 2 heterocycles. The van der Waals surface area contributed by atoms with Crippen LogP contribution in [0.2, 0.25) is 0 Å². The molecule has 0 N–H and O–H groups in total. The summed E-state index contributed by atoms with van der Waals surface area (Å²) in [5, 5.41) is 0.542. The van der Waals surface area contributed by atoms with Crippen molar-refractivity contribution in [2.45, 2.75) is 30.9 Å². The Balaban J connectivity index is 1.55. The Morgan fingerprint density at radius 1 is 0.893 bits per heavy atom. The van der Waals surface area contributed by atoms with Gasteiger partial charge in [-0.2, -0.15) is 0 Å². The smallest absolute Gasteiger partial charge is 0.257 e. The Morgan fingerprint density at radius 3 is 2.14 bits per heavy atom. The van der Waals surface area contributed by atoms with E-state index >= 15 is 0 Å². The van der Waals surface area contributed by atoms with Gasteiger partial charge in [0.15, 0.2) is 5.76 Å². The zero-order valence-corrected chi connectivity index (χ0v) is 16.7. The number of amides is 1. The average Bonchev–Trinajstić information content (AvgIpc) is 2.99. The maximum atomic E-state index is 12.6. The summed E-state index contributed by atoms with van der Waals surface area (Å²) >= 11 is 1.38. The van der Waals surface area contributed by atoms with Crippen molar-refractivity contribution in [3.8, 4) is 22.6 Å². The van der Waals surface area contributed by atoms with Crippen LogP contribution in [0.15, 0.2) is 70.3 Å². The fourth-order valence-electron chi connectivity index (χ4n) is 3.47. The minimum Gasteiger partial charge on any atom is -0.431 e. The molecule has 0 radical (unpaired) electrons. The van der Waals surface area contributed by atoms with Gasteiger partial charge < -0.3 is 9.32 Å². The first-order valence-electron chi connectivity index (χ1n) is 9.83. The molecule has 0 bridgehead atoms. The summed E-state index contributed by atoms with van der Waals surface area (Å²) in [5.74, 6) is 1.28. The first-order chi connectivity index (χ1) is 13.8. The number of nitrogens with zero attached hydrogens (tertiary/aromatic N) is 2. The van der Waals surface area contributed by atoms with Gasteiger partial charge in [0, 0.05) is 24.2 Å². The number of carbonyl (C=O) groups excluding carboxylic acids is 1. The van der Waals surface area contributed by atoms with E-state index in [2.05, 4.69) is 0 Å². The normalized spacial score (nSPS) is 14.6. The van der Waals surface area contributed by atoms with Gasteiger partial charge in [0.1, 0.15) is 5.69 Å². The fraction of sp³-hybridized carbons (Fsp3) is 0.304. The lowest BCUT2D eigenvalue weighted by atomic mass is 10.1. The molecule has 2 aromatic carbocycles. The third kappa shape index (κ3) is 4.47. The third-order valence-electron chi connectivity index (χ3n) is 4.97. The predicted octanol–water partition coefficient (Wildman–Crippen LogP) is 5.50. The molecule has 5 heteroatoms. The molecule has 0 aliphatic carbocycles. The van der Waals surface area contributed by atoms with Crippen LogP contribution in [0.25, 0.3) is 22.6 Å². The third-order valence-corrected chi connectivity index (χ3v) is 5.78. The molecule has 1 aliphatic rings. The molecule has 0 saturated carbocycles. The van der Waals surface area contributed by atoms with Gasteiger partial charge >= 0.3 is 0 Å². The lowest BCUT2D eigenvalue weighted by Gasteiger charge is -2.19. The molecule has 1 amide bonds. The first-order valence-corrected chi connectivity index (χ1v) is 10.8. The molecule has 4 nitrogen and oxygen atoms in total. The van der Waals surface area contributed by atoms with Gasteiger partial charge in [0.25, 0.3) is 5.22 Å². The van der Waals surface area contributed by atoms with E-state index in [0.29, 0.717) is 11.0 Å². The molecule has 1 aromatic heterocycles. The molecule has 1 aliphatic heterocycles. The van der Waals surface area contributed by atoms with Crippen molar-refractivity contribution in [1.82, 2.24) is 9.88 Å². The monoisotopic (exact) mass is 392 g/mol. The van der Waals surface area contributed by atoms with Crippen molar-refractivity contribution in [2.75, 3.05) is 18.8 Å². The van der Waals surface area contributed by atoms with Gasteiger partial charge in [0.05, 0.1) is 5.75 Å². The van der Waals surface area contributed by atoms with Crippen molar-refractivity contribution in [1.29, 1.82) is 0 Å². The summed E-state index contributed by atoms with van der Waals surface area (Å²) in [6, 6.07) is 20.0. The number of rotatable bonds is 5. The lowest BCUT2D eigenvalue weighted by molar-refractivity contribution is -0.128. The largest absolute Gasteiger partial charge is 0.431 e. The maximum Gasteiger partial charge on any atom is 0.257 e.